The number of hydrogen-bond acceptors (Lipinski definition) is 4. The van der Waals surface area contributed by atoms with Crippen LogP contribution in [0.4, 0.5) is 10.5 Å². The van der Waals surface area contributed by atoms with Gasteiger partial charge in [-0.3, -0.25) is 4.98 Å². The lowest BCUT2D eigenvalue weighted by Gasteiger charge is -2.19. The highest BCUT2D eigenvalue weighted by molar-refractivity contribution is 5.67. The Morgan fingerprint density at radius 2 is 2.20 bits per heavy atom. The number of anilines is 1. The van der Waals surface area contributed by atoms with Gasteiger partial charge in [0.2, 0.25) is 0 Å². The molecule has 0 aromatic carbocycles. The molecule has 0 fully saturated rings. The first-order valence-electron chi connectivity index (χ1n) is 6.63. The van der Waals surface area contributed by atoms with Crippen LogP contribution < -0.4 is 11.1 Å². The molecule has 1 heterocycles. The van der Waals surface area contributed by atoms with E-state index in [9.17, 15) is 4.79 Å². The van der Waals surface area contributed by atoms with Gasteiger partial charge in [-0.05, 0) is 51.8 Å². The fourth-order valence-electron chi connectivity index (χ4n) is 1.55. The van der Waals surface area contributed by atoms with E-state index in [0.29, 0.717) is 18.7 Å². The predicted molar refractivity (Wildman–Crippen MR) is 81.3 cm³/mol. The standard InChI is InChI=1S/C15H23N3O2/c1-11-9-12(16)10-18-13(11)7-5-6-8-17-14(19)20-15(2,3)4/h5,7,9-10H,6,8,16H2,1-4H3,(H,17,19). The molecule has 0 saturated heterocycles. The maximum Gasteiger partial charge on any atom is 0.407 e. The number of aromatic nitrogens is 1. The molecule has 5 nitrogen and oxygen atoms in total. The molecule has 0 saturated carbocycles. The van der Waals surface area contributed by atoms with Gasteiger partial charge in [-0.25, -0.2) is 4.79 Å². The van der Waals surface area contributed by atoms with Gasteiger partial charge >= 0.3 is 6.09 Å². The molecule has 0 aliphatic rings. The van der Waals surface area contributed by atoms with Crippen LogP contribution in [0.5, 0.6) is 0 Å². The second-order valence-corrected chi connectivity index (χ2v) is 5.59. The Morgan fingerprint density at radius 3 is 2.80 bits per heavy atom. The summed E-state index contributed by atoms with van der Waals surface area (Å²) in [6.07, 6.45) is 5.83. The number of alkyl carbamates (subject to hydrolysis) is 1. The van der Waals surface area contributed by atoms with Crippen molar-refractivity contribution < 1.29 is 9.53 Å². The number of ether oxygens (including phenoxy) is 1. The third kappa shape index (κ3) is 6.22. The Labute approximate surface area is 120 Å². The summed E-state index contributed by atoms with van der Waals surface area (Å²) in [5, 5.41) is 2.70. The van der Waals surface area contributed by atoms with Gasteiger partial charge < -0.3 is 15.8 Å². The van der Waals surface area contributed by atoms with E-state index < -0.39 is 11.7 Å². The molecule has 3 N–H and O–H groups in total. The number of nitrogens with one attached hydrogen (secondary N) is 1. The van der Waals surface area contributed by atoms with Crippen LogP contribution in [0.1, 0.15) is 38.4 Å². The summed E-state index contributed by atoms with van der Waals surface area (Å²) in [5.41, 5.74) is 7.75. The number of nitrogen functional groups attached to an aromatic ring is 1. The van der Waals surface area contributed by atoms with Gasteiger partial charge in [0.1, 0.15) is 5.60 Å². The van der Waals surface area contributed by atoms with Gasteiger partial charge in [0.25, 0.3) is 0 Å². The van der Waals surface area contributed by atoms with Crippen LogP contribution in [0, 0.1) is 6.92 Å². The topological polar surface area (TPSA) is 77.2 Å². The first-order valence-corrected chi connectivity index (χ1v) is 6.63. The molecule has 20 heavy (non-hydrogen) atoms. The number of nitrogens with zero attached hydrogens (tertiary/aromatic N) is 1. The van der Waals surface area contributed by atoms with Gasteiger partial charge in [0.05, 0.1) is 17.6 Å². The zero-order chi connectivity index (χ0) is 15.2. The highest BCUT2D eigenvalue weighted by atomic mass is 16.6. The van der Waals surface area contributed by atoms with Crippen molar-refractivity contribution in [2.24, 2.45) is 0 Å². The van der Waals surface area contributed by atoms with E-state index in [1.807, 2.05) is 45.9 Å². The average Bonchev–Trinajstić information content (AvgIpc) is 2.28. The SMILES string of the molecule is Cc1cc(N)cnc1C=CCCNC(=O)OC(C)(C)C. The van der Waals surface area contributed by atoms with Crippen molar-refractivity contribution in [3.63, 3.8) is 0 Å². The molecular formula is C15H23N3O2. The number of carbonyl (C=O) groups excluding carboxylic acids is 1. The molecule has 1 rings (SSSR count). The smallest absolute Gasteiger partial charge is 0.407 e. The zero-order valence-corrected chi connectivity index (χ0v) is 12.6. The van der Waals surface area contributed by atoms with E-state index in [1.165, 1.54) is 0 Å². The highest BCUT2D eigenvalue weighted by Gasteiger charge is 2.15. The number of rotatable bonds is 4. The number of nitrogens with two attached hydrogens (primary N) is 1. The molecule has 0 bridgehead atoms. The van der Waals surface area contributed by atoms with Gasteiger partial charge in [-0.15, -0.1) is 0 Å². The quantitative estimate of drug-likeness (QED) is 0.830. The normalized spacial score (nSPS) is 11.6. The minimum absolute atomic E-state index is 0.396. The number of hydrogen-bond donors (Lipinski definition) is 2. The van der Waals surface area contributed by atoms with Crippen LogP contribution in [0.15, 0.2) is 18.3 Å². The number of carbonyl (C=O) groups is 1. The van der Waals surface area contributed by atoms with Crippen molar-refractivity contribution in [2.75, 3.05) is 12.3 Å². The minimum atomic E-state index is -0.467. The van der Waals surface area contributed by atoms with E-state index in [0.717, 1.165) is 11.3 Å². The molecule has 0 aliphatic carbocycles. The summed E-state index contributed by atoms with van der Waals surface area (Å²) in [4.78, 5) is 15.6. The molecule has 5 heteroatoms. The van der Waals surface area contributed by atoms with Crippen molar-refractivity contribution >= 4 is 17.9 Å². The third-order valence-corrected chi connectivity index (χ3v) is 2.39. The third-order valence-electron chi connectivity index (χ3n) is 2.39. The lowest BCUT2D eigenvalue weighted by Crippen LogP contribution is -2.32. The summed E-state index contributed by atoms with van der Waals surface area (Å²) >= 11 is 0. The van der Waals surface area contributed by atoms with Crippen molar-refractivity contribution in [3.05, 3.63) is 29.6 Å². The number of amides is 1. The van der Waals surface area contributed by atoms with E-state index in [4.69, 9.17) is 10.5 Å². The Bertz CT molecular complexity index is 490. The van der Waals surface area contributed by atoms with Crippen LogP contribution >= 0.6 is 0 Å². The summed E-state index contributed by atoms with van der Waals surface area (Å²) in [6.45, 7) is 7.99. The molecule has 1 aromatic rings. The Hall–Kier alpha value is -2.04. The summed E-state index contributed by atoms with van der Waals surface area (Å²) in [6, 6.07) is 1.88. The van der Waals surface area contributed by atoms with Crippen LogP contribution in [0.2, 0.25) is 0 Å². The zero-order valence-electron chi connectivity index (χ0n) is 12.6. The van der Waals surface area contributed by atoms with E-state index >= 15 is 0 Å². The predicted octanol–water partition coefficient (Wildman–Crippen LogP) is 2.90. The van der Waals surface area contributed by atoms with Gasteiger partial charge in [0.15, 0.2) is 0 Å². The highest BCUT2D eigenvalue weighted by Crippen LogP contribution is 2.10. The molecule has 1 aromatic heterocycles. The van der Waals surface area contributed by atoms with Crippen molar-refractivity contribution in [2.45, 2.75) is 39.7 Å². The molecule has 0 atom stereocenters. The molecule has 0 unspecified atom stereocenters. The molecule has 0 radical (unpaired) electrons. The Balaban J connectivity index is 2.34. The van der Waals surface area contributed by atoms with Crippen LogP contribution in [-0.4, -0.2) is 23.2 Å². The summed E-state index contributed by atoms with van der Waals surface area (Å²) in [5.74, 6) is 0. The fraction of sp³-hybridized carbons (Fsp3) is 0.467. The van der Waals surface area contributed by atoms with E-state index in [1.54, 1.807) is 6.20 Å². The van der Waals surface area contributed by atoms with Crippen molar-refractivity contribution in [1.29, 1.82) is 0 Å². The molecular weight excluding hydrogens is 254 g/mol. The second kappa shape index (κ2) is 6.93. The minimum Gasteiger partial charge on any atom is -0.444 e. The molecule has 0 aliphatic heterocycles. The first-order chi connectivity index (χ1) is 9.28. The van der Waals surface area contributed by atoms with Crippen molar-refractivity contribution in [3.8, 4) is 0 Å². The van der Waals surface area contributed by atoms with Crippen LogP contribution in [0.25, 0.3) is 6.08 Å². The molecule has 1 amide bonds. The summed E-state index contributed by atoms with van der Waals surface area (Å²) in [7, 11) is 0. The number of aryl methyl sites for hydroxylation is 1. The maximum absolute atomic E-state index is 11.4. The molecule has 110 valence electrons. The van der Waals surface area contributed by atoms with Crippen LogP contribution in [0.3, 0.4) is 0 Å². The Kier molecular flexibility index (Phi) is 5.55. The fourth-order valence-corrected chi connectivity index (χ4v) is 1.55. The molecule has 0 spiro atoms. The maximum atomic E-state index is 11.4. The largest absolute Gasteiger partial charge is 0.444 e. The first kappa shape index (κ1) is 16.0. The van der Waals surface area contributed by atoms with Gasteiger partial charge in [-0.2, -0.15) is 0 Å². The average molecular weight is 277 g/mol. The second-order valence-electron chi connectivity index (χ2n) is 5.59. The van der Waals surface area contributed by atoms with E-state index in [-0.39, 0.29) is 0 Å². The Morgan fingerprint density at radius 1 is 1.50 bits per heavy atom. The van der Waals surface area contributed by atoms with Crippen molar-refractivity contribution in [1.82, 2.24) is 10.3 Å². The lowest BCUT2D eigenvalue weighted by molar-refractivity contribution is 0.0529. The number of pyridine rings is 1. The monoisotopic (exact) mass is 277 g/mol. The van der Waals surface area contributed by atoms with Gasteiger partial charge in [-0.1, -0.05) is 6.08 Å². The summed E-state index contributed by atoms with van der Waals surface area (Å²) < 4.78 is 5.13. The lowest BCUT2D eigenvalue weighted by atomic mass is 10.2. The van der Waals surface area contributed by atoms with Gasteiger partial charge in [0, 0.05) is 6.54 Å². The van der Waals surface area contributed by atoms with E-state index in [2.05, 4.69) is 10.3 Å². The van der Waals surface area contributed by atoms with Crippen LogP contribution in [-0.2, 0) is 4.74 Å².